The van der Waals surface area contributed by atoms with Gasteiger partial charge in [-0.15, -0.1) is 0 Å². The Hall–Kier alpha value is -1.53. The van der Waals surface area contributed by atoms with E-state index in [1.54, 1.807) is 37.3 Å². The van der Waals surface area contributed by atoms with Gasteiger partial charge >= 0.3 is 5.97 Å². The van der Waals surface area contributed by atoms with Gasteiger partial charge in [-0.1, -0.05) is 47.2 Å². The van der Waals surface area contributed by atoms with Crippen LogP contribution < -0.4 is 14.4 Å². The number of hydrogen-bond acceptors (Lipinski definition) is 7. The highest BCUT2D eigenvalue weighted by Crippen LogP contribution is 2.41. The Bertz CT molecular complexity index is 1130. The normalized spacial score (nSPS) is 14.8. The molecule has 2 aromatic carbocycles. The number of halogens is 3. The zero-order chi connectivity index (χ0) is 23.4. The standard InChI is InChI=1S/C21H16Cl2INO5S2/c1-3-29-18(26)10-30-19-14(24)6-11(7-16(19)28-2)8-17-20(27)25(21(31)32-17)15-5-4-12(22)9-13(15)23/h4-9H,3,10H2,1-2H3/b17-8-. The van der Waals surface area contributed by atoms with Crippen LogP contribution in [0.1, 0.15) is 12.5 Å². The molecule has 2 aromatic rings. The molecule has 1 aliphatic rings. The number of thiocarbonyl (C=S) groups is 1. The largest absolute Gasteiger partial charge is 0.493 e. The third-order valence-electron chi connectivity index (χ3n) is 4.13. The van der Waals surface area contributed by atoms with E-state index >= 15 is 0 Å². The topological polar surface area (TPSA) is 65.1 Å². The van der Waals surface area contributed by atoms with Gasteiger partial charge in [0.2, 0.25) is 0 Å². The monoisotopic (exact) mass is 623 g/mol. The molecule has 0 unspecified atom stereocenters. The van der Waals surface area contributed by atoms with Gasteiger partial charge in [0.25, 0.3) is 5.91 Å². The fraction of sp³-hybridized carbons (Fsp3) is 0.190. The first-order valence-corrected chi connectivity index (χ1v) is 12.2. The Balaban J connectivity index is 1.88. The molecule has 1 aliphatic heterocycles. The van der Waals surface area contributed by atoms with Crippen LogP contribution in [-0.4, -0.2) is 36.5 Å². The fourth-order valence-electron chi connectivity index (χ4n) is 2.79. The Morgan fingerprint density at radius 1 is 1.28 bits per heavy atom. The maximum atomic E-state index is 13.1. The lowest BCUT2D eigenvalue weighted by atomic mass is 10.1. The number of amides is 1. The van der Waals surface area contributed by atoms with E-state index in [2.05, 4.69) is 22.6 Å². The van der Waals surface area contributed by atoms with Crippen LogP contribution in [0.2, 0.25) is 10.0 Å². The summed E-state index contributed by atoms with van der Waals surface area (Å²) < 4.78 is 16.9. The summed E-state index contributed by atoms with van der Waals surface area (Å²) in [5.41, 5.74) is 1.18. The molecule has 6 nitrogen and oxygen atoms in total. The smallest absolute Gasteiger partial charge is 0.344 e. The van der Waals surface area contributed by atoms with E-state index in [-0.39, 0.29) is 19.1 Å². The number of ether oxygens (including phenoxy) is 3. The zero-order valence-electron chi connectivity index (χ0n) is 16.8. The fourth-order valence-corrected chi connectivity index (χ4v) is 5.35. The molecular weight excluding hydrogens is 608 g/mol. The molecule has 1 amide bonds. The molecule has 0 bridgehead atoms. The van der Waals surface area contributed by atoms with E-state index in [4.69, 9.17) is 49.6 Å². The van der Waals surface area contributed by atoms with Crippen molar-refractivity contribution in [3.8, 4) is 11.5 Å². The van der Waals surface area contributed by atoms with E-state index < -0.39 is 5.97 Å². The molecule has 0 spiro atoms. The molecule has 11 heteroatoms. The highest BCUT2D eigenvalue weighted by molar-refractivity contribution is 14.1. The van der Waals surface area contributed by atoms with Crippen LogP contribution in [-0.2, 0) is 14.3 Å². The van der Waals surface area contributed by atoms with E-state index in [1.165, 1.54) is 23.8 Å². The number of hydrogen-bond donors (Lipinski definition) is 0. The molecular formula is C21H16Cl2INO5S2. The van der Waals surface area contributed by atoms with E-state index in [0.29, 0.717) is 45.6 Å². The van der Waals surface area contributed by atoms with Crippen molar-refractivity contribution in [1.29, 1.82) is 0 Å². The average Bonchev–Trinajstić information content (AvgIpc) is 3.00. The summed E-state index contributed by atoms with van der Waals surface area (Å²) in [6, 6.07) is 8.38. The lowest BCUT2D eigenvalue weighted by Crippen LogP contribution is -2.27. The van der Waals surface area contributed by atoms with Crippen LogP contribution in [0.5, 0.6) is 11.5 Å². The predicted molar refractivity (Wildman–Crippen MR) is 140 cm³/mol. The first-order chi connectivity index (χ1) is 15.2. The van der Waals surface area contributed by atoms with E-state index in [0.717, 1.165) is 0 Å². The van der Waals surface area contributed by atoms with Gasteiger partial charge in [0.1, 0.15) is 0 Å². The number of benzene rings is 2. The molecule has 168 valence electrons. The van der Waals surface area contributed by atoms with Crippen LogP contribution in [0, 0.1) is 3.57 Å². The second-order valence-corrected chi connectivity index (χ2v) is 9.92. The van der Waals surface area contributed by atoms with Gasteiger partial charge in [0.05, 0.1) is 32.9 Å². The molecule has 1 saturated heterocycles. The first-order valence-electron chi connectivity index (χ1n) is 9.14. The van der Waals surface area contributed by atoms with E-state index in [9.17, 15) is 9.59 Å². The molecule has 0 saturated carbocycles. The summed E-state index contributed by atoms with van der Waals surface area (Å²) in [4.78, 5) is 26.5. The first kappa shape index (κ1) is 25.1. The van der Waals surface area contributed by atoms with E-state index in [1.807, 2.05) is 6.07 Å². The van der Waals surface area contributed by atoms with Gasteiger partial charge < -0.3 is 14.2 Å². The van der Waals surface area contributed by atoms with Crippen molar-refractivity contribution in [2.45, 2.75) is 6.92 Å². The lowest BCUT2D eigenvalue weighted by Gasteiger charge is -2.16. The van der Waals surface area contributed by atoms with Crippen molar-refractivity contribution in [2.24, 2.45) is 0 Å². The number of methoxy groups -OCH3 is 1. The van der Waals surface area contributed by atoms with Gasteiger partial charge in [-0.05, 0) is 71.5 Å². The number of carbonyl (C=O) groups excluding carboxylic acids is 2. The maximum absolute atomic E-state index is 13.1. The Morgan fingerprint density at radius 2 is 2.03 bits per heavy atom. The molecule has 0 atom stereocenters. The Kier molecular flexibility index (Phi) is 8.68. The lowest BCUT2D eigenvalue weighted by molar-refractivity contribution is -0.145. The summed E-state index contributed by atoms with van der Waals surface area (Å²) in [5.74, 6) is 0.0715. The van der Waals surface area contributed by atoms with Gasteiger partial charge in [0.15, 0.2) is 22.4 Å². The zero-order valence-corrected chi connectivity index (χ0v) is 22.1. The number of nitrogens with zero attached hydrogens (tertiary/aromatic N) is 1. The molecule has 1 heterocycles. The molecule has 0 aromatic heterocycles. The highest BCUT2D eigenvalue weighted by atomic mass is 127. The second kappa shape index (κ2) is 11.1. The SMILES string of the molecule is CCOC(=O)COc1c(I)cc(/C=C2\SC(=S)N(c3ccc(Cl)cc3Cl)C2=O)cc1OC. The van der Waals surface area contributed by atoms with Crippen LogP contribution >= 0.6 is 69.8 Å². The predicted octanol–water partition coefficient (Wildman–Crippen LogP) is 5.95. The third kappa shape index (κ3) is 5.69. The number of anilines is 1. The summed E-state index contributed by atoms with van der Waals surface area (Å²) in [5, 5.41) is 0.793. The van der Waals surface area contributed by atoms with Crippen LogP contribution in [0.25, 0.3) is 6.08 Å². The number of rotatable bonds is 7. The van der Waals surface area contributed by atoms with Gasteiger partial charge in [-0.2, -0.15) is 0 Å². The molecule has 0 N–H and O–H groups in total. The molecule has 3 rings (SSSR count). The Labute approximate surface area is 218 Å². The van der Waals surface area contributed by atoms with Crippen LogP contribution in [0.3, 0.4) is 0 Å². The van der Waals surface area contributed by atoms with Crippen molar-refractivity contribution < 1.29 is 23.8 Å². The molecule has 0 radical (unpaired) electrons. The summed E-state index contributed by atoms with van der Waals surface area (Å²) in [7, 11) is 1.49. The third-order valence-corrected chi connectivity index (χ3v) is 6.77. The highest BCUT2D eigenvalue weighted by Gasteiger charge is 2.34. The minimum Gasteiger partial charge on any atom is -0.493 e. The summed E-state index contributed by atoms with van der Waals surface area (Å²) >= 11 is 20.9. The van der Waals surface area contributed by atoms with Crippen molar-refractivity contribution in [2.75, 3.05) is 25.2 Å². The quantitative estimate of drug-likeness (QED) is 0.163. The summed E-state index contributed by atoms with van der Waals surface area (Å²) in [6.07, 6.45) is 1.71. The second-order valence-electron chi connectivity index (χ2n) is 6.24. The maximum Gasteiger partial charge on any atom is 0.344 e. The van der Waals surface area contributed by atoms with Crippen molar-refractivity contribution in [3.63, 3.8) is 0 Å². The molecule has 1 fully saturated rings. The average molecular weight is 624 g/mol. The van der Waals surface area contributed by atoms with Gasteiger partial charge in [-0.25, -0.2) is 4.79 Å². The van der Waals surface area contributed by atoms with Crippen molar-refractivity contribution in [3.05, 3.63) is 54.4 Å². The van der Waals surface area contributed by atoms with Gasteiger partial charge in [0, 0.05) is 5.02 Å². The molecule has 32 heavy (non-hydrogen) atoms. The minimum absolute atomic E-state index is 0.236. The van der Waals surface area contributed by atoms with Crippen molar-refractivity contribution in [1.82, 2.24) is 0 Å². The number of carbonyl (C=O) groups is 2. The van der Waals surface area contributed by atoms with Crippen molar-refractivity contribution >= 4 is 97.7 Å². The number of esters is 1. The minimum atomic E-state index is -0.473. The van der Waals surface area contributed by atoms with Crippen LogP contribution in [0.4, 0.5) is 5.69 Å². The van der Waals surface area contributed by atoms with Gasteiger partial charge in [-0.3, -0.25) is 9.69 Å². The summed E-state index contributed by atoms with van der Waals surface area (Å²) in [6.45, 7) is 1.76. The Morgan fingerprint density at radius 3 is 2.69 bits per heavy atom. The molecule has 0 aliphatic carbocycles. The van der Waals surface area contributed by atoms with Crippen LogP contribution in [0.15, 0.2) is 35.2 Å². The number of thioether (sulfide) groups is 1.